The van der Waals surface area contributed by atoms with Crippen molar-refractivity contribution >= 4 is 17.4 Å². The lowest BCUT2D eigenvalue weighted by molar-refractivity contribution is -0.141. The molecule has 1 aliphatic carbocycles. The lowest BCUT2D eigenvalue weighted by Crippen LogP contribution is -2.37. The molecule has 1 aromatic heterocycles. The van der Waals surface area contributed by atoms with Crippen molar-refractivity contribution in [3.63, 3.8) is 0 Å². The predicted molar refractivity (Wildman–Crippen MR) is 108 cm³/mol. The molecular formula is C23H24N2O4. The molecule has 1 aromatic carbocycles. The fourth-order valence-corrected chi connectivity index (χ4v) is 4.43. The molecule has 1 N–H and O–H groups in total. The normalized spacial score (nSPS) is 21.7. The number of Topliss-reactive ketones (excluding diaryl/α,β-unsaturated/α-hetero) is 1. The van der Waals surface area contributed by atoms with Gasteiger partial charge in [0.1, 0.15) is 11.5 Å². The molecule has 0 bridgehead atoms. The van der Waals surface area contributed by atoms with Crippen LogP contribution in [0.25, 0.3) is 5.76 Å². The number of hydrogen-bond acceptors (Lipinski definition) is 5. The van der Waals surface area contributed by atoms with Crippen LogP contribution in [0.4, 0.5) is 0 Å². The Morgan fingerprint density at radius 2 is 1.97 bits per heavy atom. The molecule has 1 aliphatic heterocycles. The van der Waals surface area contributed by atoms with Gasteiger partial charge in [-0.15, -0.1) is 0 Å². The summed E-state index contributed by atoms with van der Waals surface area (Å²) >= 11 is 0. The average Bonchev–Trinajstić information content (AvgIpc) is 3.35. The number of carbonyl (C=O) groups is 2. The van der Waals surface area contributed by atoms with Crippen LogP contribution < -0.4 is 4.74 Å². The quantitative estimate of drug-likeness (QED) is 0.487. The number of hydrogen-bond donors (Lipinski definition) is 1. The van der Waals surface area contributed by atoms with Crippen molar-refractivity contribution in [3.05, 3.63) is 65.0 Å². The first-order chi connectivity index (χ1) is 14.0. The zero-order chi connectivity index (χ0) is 20.5. The maximum atomic E-state index is 13.1. The Labute approximate surface area is 169 Å². The number of methoxy groups -OCH3 is 1. The van der Waals surface area contributed by atoms with E-state index in [9.17, 15) is 14.7 Å². The molecular weight excluding hydrogens is 368 g/mol. The SMILES string of the molecule is COc1ccc(C)cc1/C(O)=C1\C(=O)C(=O)N(C2CCCC2)C1c1cccnc1. The van der Waals surface area contributed by atoms with E-state index in [0.717, 1.165) is 31.2 Å². The number of pyridine rings is 1. The largest absolute Gasteiger partial charge is 0.507 e. The summed E-state index contributed by atoms with van der Waals surface area (Å²) in [5.41, 5.74) is 2.13. The van der Waals surface area contributed by atoms with Crippen LogP contribution in [0.1, 0.15) is 48.4 Å². The van der Waals surface area contributed by atoms with E-state index in [4.69, 9.17) is 4.74 Å². The number of likely N-dealkylation sites (tertiary alicyclic amines) is 1. The molecule has 0 radical (unpaired) electrons. The van der Waals surface area contributed by atoms with E-state index in [1.54, 1.807) is 35.5 Å². The molecule has 0 spiro atoms. The summed E-state index contributed by atoms with van der Waals surface area (Å²) in [6.07, 6.45) is 7.07. The molecule has 150 valence electrons. The molecule has 1 unspecified atom stereocenters. The van der Waals surface area contributed by atoms with Crippen LogP contribution >= 0.6 is 0 Å². The number of benzene rings is 1. The fourth-order valence-electron chi connectivity index (χ4n) is 4.43. The molecule has 6 nitrogen and oxygen atoms in total. The molecule has 6 heteroatoms. The minimum atomic E-state index is -0.660. The van der Waals surface area contributed by atoms with Crippen LogP contribution in [0.3, 0.4) is 0 Å². The van der Waals surface area contributed by atoms with Crippen molar-refractivity contribution in [2.24, 2.45) is 0 Å². The second-order valence-electron chi connectivity index (χ2n) is 7.63. The standard InChI is InChI=1S/C23H24N2O4/c1-14-9-10-18(29-2)17(12-14)21(26)19-20(15-6-5-11-24-13-15)25(23(28)22(19)27)16-7-3-4-8-16/h5-6,9-13,16,20,26H,3-4,7-8H2,1-2H3/b21-19+. The van der Waals surface area contributed by atoms with Gasteiger partial charge in [0.15, 0.2) is 0 Å². The van der Waals surface area contributed by atoms with Gasteiger partial charge in [-0.05, 0) is 43.5 Å². The number of ether oxygens (including phenoxy) is 1. The van der Waals surface area contributed by atoms with Crippen molar-refractivity contribution < 1.29 is 19.4 Å². The van der Waals surface area contributed by atoms with E-state index in [0.29, 0.717) is 16.9 Å². The highest BCUT2D eigenvalue weighted by Gasteiger charge is 2.49. The van der Waals surface area contributed by atoms with E-state index in [-0.39, 0.29) is 17.4 Å². The van der Waals surface area contributed by atoms with Crippen molar-refractivity contribution in [2.45, 2.75) is 44.7 Å². The van der Waals surface area contributed by atoms with E-state index in [1.165, 1.54) is 7.11 Å². The molecule has 2 heterocycles. The van der Waals surface area contributed by atoms with Gasteiger partial charge in [0, 0.05) is 18.4 Å². The van der Waals surface area contributed by atoms with Gasteiger partial charge in [-0.1, -0.05) is 30.5 Å². The maximum absolute atomic E-state index is 13.1. The number of nitrogens with zero attached hydrogens (tertiary/aromatic N) is 2. The highest BCUT2D eigenvalue weighted by molar-refractivity contribution is 6.46. The third-order valence-electron chi connectivity index (χ3n) is 5.81. The van der Waals surface area contributed by atoms with Crippen molar-refractivity contribution in [3.8, 4) is 5.75 Å². The van der Waals surface area contributed by atoms with Gasteiger partial charge in [0.25, 0.3) is 11.7 Å². The van der Waals surface area contributed by atoms with Gasteiger partial charge in [0.05, 0.1) is 24.3 Å². The Kier molecular flexibility index (Phi) is 5.09. The smallest absolute Gasteiger partial charge is 0.295 e. The van der Waals surface area contributed by atoms with E-state index < -0.39 is 17.7 Å². The third kappa shape index (κ3) is 3.28. The lowest BCUT2D eigenvalue weighted by atomic mass is 9.95. The predicted octanol–water partition coefficient (Wildman–Crippen LogP) is 3.76. The molecule has 2 aromatic rings. The Bertz CT molecular complexity index is 978. The first-order valence-electron chi connectivity index (χ1n) is 9.88. The first kappa shape index (κ1) is 19.2. The zero-order valence-electron chi connectivity index (χ0n) is 16.6. The lowest BCUT2D eigenvalue weighted by Gasteiger charge is -2.30. The minimum absolute atomic E-state index is 0.0126. The number of amides is 1. The van der Waals surface area contributed by atoms with Crippen molar-refractivity contribution in [1.29, 1.82) is 0 Å². The molecule has 1 amide bonds. The van der Waals surface area contributed by atoms with E-state index in [1.807, 2.05) is 19.1 Å². The minimum Gasteiger partial charge on any atom is -0.507 e. The highest BCUT2D eigenvalue weighted by atomic mass is 16.5. The molecule has 2 fully saturated rings. The van der Waals surface area contributed by atoms with Crippen molar-refractivity contribution in [1.82, 2.24) is 9.88 Å². The summed E-state index contributed by atoms with van der Waals surface area (Å²) in [6, 6.07) is 8.32. The summed E-state index contributed by atoms with van der Waals surface area (Å²) < 4.78 is 5.39. The number of carbonyl (C=O) groups excluding carboxylic acids is 2. The Morgan fingerprint density at radius 1 is 1.21 bits per heavy atom. The zero-order valence-corrected chi connectivity index (χ0v) is 16.6. The fraction of sp³-hybridized carbons (Fsp3) is 0.348. The Morgan fingerprint density at radius 3 is 2.62 bits per heavy atom. The van der Waals surface area contributed by atoms with Gasteiger partial charge >= 0.3 is 0 Å². The van der Waals surface area contributed by atoms with Gasteiger partial charge in [0.2, 0.25) is 0 Å². The molecule has 29 heavy (non-hydrogen) atoms. The number of aliphatic hydroxyl groups is 1. The summed E-state index contributed by atoms with van der Waals surface area (Å²) in [5.74, 6) is -0.978. The summed E-state index contributed by atoms with van der Waals surface area (Å²) in [4.78, 5) is 31.9. The number of rotatable bonds is 4. The molecule has 1 atom stereocenters. The van der Waals surface area contributed by atoms with Gasteiger partial charge in [-0.2, -0.15) is 0 Å². The number of ketones is 1. The first-order valence-corrected chi connectivity index (χ1v) is 9.88. The number of aliphatic hydroxyl groups excluding tert-OH is 1. The van der Waals surface area contributed by atoms with Gasteiger partial charge < -0.3 is 14.7 Å². The molecule has 2 aliphatic rings. The van der Waals surface area contributed by atoms with Crippen LogP contribution in [0, 0.1) is 6.92 Å². The third-order valence-corrected chi connectivity index (χ3v) is 5.81. The Balaban J connectivity index is 1.92. The van der Waals surface area contributed by atoms with Crippen LogP contribution in [0.5, 0.6) is 5.75 Å². The summed E-state index contributed by atoms with van der Waals surface area (Å²) in [6.45, 7) is 1.89. The molecule has 1 saturated heterocycles. The van der Waals surface area contributed by atoms with E-state index in [2.05, 4.69) is 4.98 Å². The second kappa shape index (κ2) is 7.70. The number of aromatic nitrogens is 1. The van der Waals surface area contributed by atoms with Crippen LogP contribution in [0.2, 0.25) is 0 Å². The van der Waals surface area contributed by atoms with Crippen LogP contribution in [-0.2, 0) is 9.59 Å². The van der Waals surface area contributed by atoms with E-state index >= 15 is 0 Å². The maximum Gasteiger partial charge on any atom is 0.295 e. The number of aryl methyl sites for hydroxylation is 1. The summed E-state index contributed by atoms with van der Waals surface area (Å²) in [5, 5.41) is 11.2. The highest BCUT2D eigenvalue weighted by Crippen LogP contribution is 2.44. The molecule has 4 rings (SSSR count). The second-order valence-corrected chi connectivity index (χ2v) is 7.63. The average molecular weight is 392 g/mol. The Hall–Kier alpha value is -3.15. The topological polar surface area (TPSA) is 79.7 Å². The van der Waals surface area contributed by atoms with Crippen LogP contribution in [0.15, 0.2) is 48.3 Å². The van der Waals surface area contributed by atoms with Gasteiger partial charge in [-0.25, -0.2) is 0 Å². The van der Waals surface area contributed by atoms with Gasteiger partial charge in [-0.3, -0.25) is 14.6 Å². The summed E-state index contributed by atoms with van der Waals surface area (Å²) in [7, 11) is 1.51. The molecule has 1 saturated carbocycles. The monoisotopic (exact) mass is 392 g/mol. The van der Waals surface area contributed by atoms with Crippen molar-refractivity contribution in [2.75, 3.05) is 7.11 Å². The van der Waals surface area contributed by atoms with Crippen LogP contribution in [-0.4, -0.2) is 39.8 Å².